The van der Waals surface area contributed by atoms with E-state index in [0.29, 0.717) is 19.1 Å². The van der Waals surface area contributed by atoms with Crippen LogP contribution in [0.2, 0.25) is 0 Å². The van der Waals surface area contributed by atoms with Crippen molar-refractivity contribution in [2.75, 3.05) is 11.4 Å². The van der Waals surface area contributed by atoms with Crippen LogP contribution >= 0.6 is 0 Å². The first-order valence-corrected chi connectivity index (χ1v) is 14.1. The minimum atomic E-state index is -0.974. The number of anilines is 1. The second-order valence-electron chi connectivity index (χ2n) is 11.5. The zero-order chi connectivity index (χ0) is 26.7. The summed E-state index contributed by atoms with van der Waals surface area (Å²) < 4.78 is 12.4. The van der Waals surface area contributed by atoms with E-state index < -0.39 is 5.97 Å². The SMILES string of the molecule is Cc1ccccc1-c1noc(C2CC2)c1COC1CC2CCC(C1)N2C(=O)N1CCc2ccc(C(=O)O)cc21. The van der Waals surface area contributed by atoms with Gasteiger partial charge in [-0.1, -0.05) is 35.5 Å². The molecule has 2 aromatic carbocycles. The third-order valence-corrected chi connectivity index (χ3v) is 9.00. The molecule has 4 heterocycles. The van der Waals surface area contributed by atoms with Gasteiger partial charge >= 0.3 is 12.0 Å². The summed E-state index contributed by atoms with van der Waals surface area (Å²) in [5, 5.41) is 13.9. The van der Waals surface area contributed by atoms with Crippen molar-refractivity contribution in [3.63, 3.8) is 0 Å². The van der Waals surface area contributed by atoms with Crippen molar-refractivity contribution >= 4 is 17.7 Å². The molecule has 7 rings (SSSR count). The molecule has 1 saturated carbocycles. The van der Waals surface area contributed by atoms with Crippen LogP contribution in [0.3, 0.4) is 0 Å². The molecule has 0 spiro atoms. The highest BCUT2D eigenvalue weighted by atomic mass is 16.5. The molecule has 202 valence electrons. The number of ether oxygens (including phenoxy) is 1. The molecule has 3 fully saturated rings. The van der Waals surface area contributed by atoms with Crippen molar-refractivity contribution in [2.24, 2.45) is 0 Å². The van der Waals surface area contributed by atoms with Gasteiger partial charge < -0.3 is 19.3 Å². The summed E-state index contributed by atoms with van der Waals surface area (Å²) in [6.45, 7) is 3.15. The van der Waals surface area contributed by atoms with E-state index in [1.54, 1.807) is 17.0 Å². The Morgan fingerprint density at radius 3 is 2.56 bits per heavy atom. The number of amides is 2. The fraction of sp³-hybridized carbons (Fsp3) is 0.452. The molecule has 1 N–H and O–H groups in total. The predicted octanol–water partition coefficient (Wildman–Crippen LogP) is 5.92. The van der Waals surface area contributed by atoms with Crippen LogP contribution < -0.4 is 4.90 Å². The van der Waals surface area contributed by atoms with E-state index in [9.17, 15) is 14.7 Å². The topological polar surface area (TPSA) is 96.1 Å². The monoisotopic (exact) mass is 527 g/mol. The number of piperidine rings is 1. The Morgan fingerprint density at radius 1 is 1.08 bits per heavy atom. The Balaban J connectivity index is 1.06. The Morgan fingerprint density at radius 2 is 1.85 bits per heavy atom. The molecule has 0 radical (unpaired) electrons. The number of carboxylic acid groups (broad SMARTS) is 1. The highest BCUT2D eigenvalue weighted by molar-refractivity contribution is 5.97. The van der Waals surface area contributed by atoms with Crippen molar-refractivity contribution in [3.05, 3.63) is 70.5 Å². The molecule has 1 aliphatic carbocycles. The number of aryl methyl sites for hydroxylation is 1. The van der Waals surface area contributed by atoms with Crippen LogP contribution in [0.15, 0.2) is 47.0 Å². The second-order valence-corrected chi connectivity index (χ2v) is 11.5. The molecule has 2 atom stereocenters. The lowest BCUT2D eigenvalue weighted by Crippen LogP contribution is -2.53. The quantitative estimate of drug-likeness (QED) is 0.428. The number of carbonyl (C=O) groups is 2. The summed E-state index contributed by atoms with van der Waals surface area (Å²) in [5.41, 5.74) is 6.19. The number of urea groups is 1. The molecule has 2 saturated heterocycles. The lowest BCUT2D eigenvalue weighted by atomic mass is 9.99. The minimum absolute atomic E-state index is 0.000804. The summed E-state index contributed by atoms with van der Waals surface area (Å²) in [7, 11) is 0. The number of hydrogen-bond donors (Lipinski definition) is 1. The van der Waals surface area contributed by atoms with E-state index >= 15 is 0 Å². The molecule has 3 aliphatic heterocycles. The van der Waals surface area contributed by atoms with E-state index in [1.165, 1.54) is 5.56 Å². The van der Waals surface area contributed by atoms with Gasteiger partial charge in [-0.25, -0.2) is 9.59 Å². The van der Waals surface area contributed by atoms with Gasteiger partial charge in [0, 0.05) is 41.4 Å². The lowest BCUT2D eigenvalue weighted by molar-refractivity contribution is -0.0164. The van der Waals surface area contributed by atoms with Gasteiger partial charge in [0.2, 0.25) is 0 Å². The Kier molecular flexibility index (Phi) is 5.95. The summed E-state index contributed by atoms with van der Waals surface area (Å²) in [4.78, 5) is 29.1. The summed E-state index contributed by atoms with van der Waals surface area (Å²) in [5.74, 6) is 0.435. The number of aromatic nitrogens is 1. The van der Waals surface area contributed by atoms with Crippen LogP contribution in [0.25, 0.3) is 11.3 Å². The van der Waals surface area contributed by atoms with Gasteiger partial charge in [0.1, 0.15) is 11.5 Å². The number of benzene rings is 2. The molecule has 2 amide bonds. The zero-order valence-electron chi connectivity index (χ0n) is 22.1. The van der Waals surface area contributed by atoms with Crippen LogP contribution in [-0.4, -0.2) is 51.9 Å². The van der Waals surface area contributed by atoms with Crippen molar-refractivity contribution in [2.45, 2.75) is 82.6 Å². The third-order valence-electron chi connectivity index (χ3n) is 9.00. The van der Waals surface area contributed by atoms with E-state index in [0.717, 1.165) is 78.8 Å². The first-order valence-electron chi connectivity index (χ1n) is 14.1. The molecular formula is C31H33N3O5. The average Bonchev–Trinajstić information content (AvgIpc) is 3.45. The molecule has 2 unspecified atom stereocenters. The second kappa shape index (κ2) is 9.52. The normalized spacial score (nSPS) is 23.8. The maximum absolute atomic E-state index is 13.8. The molecule has 4 aliphatic rings. The van der Waals surface area contributed by atoms with Crippen molar-refractivity contribution < 1.29 is 24.0 Å². The number of carboxylic acids is 1. The number of nitrogens with zero attached hydrogens (tertiary/aromatic N) is 3. The third kappa shape index (κ3) is 4.31. The maximum Gasteiger partial charge on any atom is 0.335 e. The fourth-order valence-electron chi connectivity index (χ4n) is 6.81. The molecule has 2 bridgehead atoms. The van der Waals surface area contributed by atoms with Crippen molar-refractivity contribution in [3.8, 4) is 11.3 Å². The summed E-state index contributed by atoms with van der Waals surface area (Å²) in [6.07, 6.45) is 6.65. The zero-order valence-corrected chi connectivity index (χ0v) is 22.1. The van der Waals surface area contributed by atoms with Crippen LogP contribution in [0.1, 0.15) is 77.3 Å². The number of rotatable bonds is 6. The van der Waals surface area contributed by atoms with Crippen LogP contribution in [0.4, 0.5) is 10.5 Å². The standard InChI is InChI=1S/C31H33N3O5/c1-18-4-2-3-5-25(18)28-26(29(39-32-28)20-7-8-20)17-38-24-15-22-10-11-23(16-24)34(22)31(37)33-13-12-19-6-9-21(30(35)36)14-27(19)33/h2-6,9,14,20,22-24H,7-8,10-13,15-17H2,1H3,(H,35,36). The maximum atomic E-state index is 13.8. The van der Waals surface area contributed by atoms with Crippen LogP contribution in [0.5, 0.6) is 0 Å². The van der Waals surface area contributed by atoms with Gasteiger partial charge in [0.05, 0.1) is 18.3 Å². The average molecular weight is 528 g/mol. The molecular weight excluding hydrogens is 494 g/mol. The highest BCUT2D eigenvalue weighted by Crippen LogP contribution is 2.45. The van der Waals surface area contributed by atoms with E-state index in [-0.39, 0.29) is 29.8 Å². The van der Waals surface area contributed by atoms with Crippen molar-refractivity contribution in [1.82, 2.24) is 10.1 Å². The minimum Gasteiger partial charge on any atom is -0.478 e. The number of aromatic carboxylic acids is 1. The lowest BCUT2D eigenvalue weighted by Gasteiger charge is -2.40. The van der Waals surface area contributed by atoms with Crippen LogP contribution in [0, 0.1) is 6.92 Å². The highest BCUT2D eigenvalue weighted by Gasteiger charge is 2.46. The van der Waals surface area contributed by atoms with E-state index in [4.69, 9.17) is 9.26 Å². The Labute approximate surface area is 227 Å². The number of hydrogen-bond acceptors (Lipinski definition) is 5. The largest absolute Gasteiger partial charge is 0.478 e. The van der Waals surface area contributed by atoms with Crippen LogP contribution in [-0.2, 0) is 17.8 Å². The fourth-order valence-corrected chi connectivity index (χ4v) is 6.81. The van der Waals surface area contributed by atoms with E-state index in [1.807, 2.05) is 18.2 Å². The predicted molar refractivity (Wildman–Crippen MR) is 145 cm³/mol. The first kappa shape index (κ1) is 24.4. The van der Waals surface area contributed by atoms with Crippen molar-refractivity contribution in [1.29, 1.82) is 0 Å². The molecule has 1 aromatic heterocycles. The van der Waals surface area contributed by atoms with Gasteiger partial charge in [-0.05, 0) is 75.1 Å². The van der Waals surface area contributed by atoms with E-state index in [2.05, 4.69) is 29.1 Å². The molecule has 8 heteroatoms. The smallest absolute Gasteiger partial charge is 0.335 e. The summed E-state index contributed by atoms with van der Waals surface area (Å²) in [6, 6.07) is 13.6. The summed E-state index contributed by atoms with van der Waals surface area (Å²) >= 11 is 0. The molecule has 39 heavy (non-hydrogen) atoms. The van der Waals surface area contributed by atoms with Gasteiger partial charge in [-0.2, -0.15) is 0 Å². The van der Waals surface area contributed by atoms with Gasteiger partial charge in [0.25, 0.3) is 0 Å². The van der Waals surface area contributed by atoms with Gasteiger partial charge in [-0.15, -0.1) is 0 Å². The Hall–Kier alpha value is -3.65. The Bertz CT molecular complexity index is 1430. The first-order chi connectivity index (χ1) is 19.0. The van der Waals surface area contributed by atoms with Gasteiger partial charge in [0.15, 0.2) is 0 Å². The van der Waals surface area contributed by atoms with Gasteiger partial charge in [-0.3, -0.25) is 4.90 Å². The molecule has 3 aromatic rings. The number of carbonyl (C=O) groups excluding carboxylic acids is 1. The molecule has 8 nitrogen and oxygen atoms in total. The number of fused-ring (bicyclic) bond motifs is 3.